The molecule has 0 fully saturated rings. The molecular formula is C11H10ClN3S. The van der Waals surface area contributed by atoms with Crippen molar-refractivity contribution >= 4 is 23.4 Å². The molecule has 16 heavy (non-hydrogen) atoms. The highest BCUT2D eigenvalue weighted by Gasteiger charge is 2.00. The normalized spacial score (nSPS) is 10.4. The van der Waals surface area contributed by atoms with Gasteiger partial charge in [0.25, 0.3) is 0 Å². The topological polar surface area (TPSA) is 38.7 Å². The van der Waals surface area contributed by atoms with Gasteiger partial charge < -0.3 is 0 Å². The van der Waals surface area contributed by atoms with Crippen molar-refractivity contribution in [3.8, 4) is 0 Å². The van der Waals surface area contributed by atoms with Crippen LogP contribution in [0.15, 0.2) is 35.9 Å². The lowest BCUT2D eigenvalue weighted by Crippen LogP contribution is -1.90. The molecule has 2 heterocycles. The number of aryl methyl sites for hydroxylation is 1. The molecule has 0 amide bonds. The molecule has 2 aromatic rings. The number of thioether (sulfide) groups is 1. The Hall–Kier alpha value is -1.13. The first-order valence-corrected chi connectivity index (χ1v) is 6.12. The summed E-state index contributed by atoms with van der Waals surface area (Å²) in [5.41, 5.74) is 1.99. The standard InChI is InChI=1S/C11H10ClN3S/c1-8-5-14-11(15-6-8)16-7-10-4-9(12)2-3-13-10/h2-6H,7H2,1H3. The number of aromatic nitrogens is 3. The molecule has 0 N–H and O–H groups in total. The Bertz CT molecular complexity index is 473. The minimum Gasteiger partial charge on any atom is -0.260 e. The molecule has 0 aliphatic heterocycles. The number of rotatable bonds is 3. The lowest BCUT2D eigenvalue weighted by atomic mass is 10.4. The maximum absolute atomic E-state index is 5.87. The monoisotopic (exact) mass is 251 g/mol. The van der Waals surface area contributed by atoms with E-state index >= 15 is 0 Å². The molecule has 3 nitrogen and oxygen atoms in total. The second-order valence-corrected chi connectivity index (χ2v) is 4.68. The van der Waals surface area contributed by atoms with Crippen molar-refractivity contribution in [2.45, 2.75) is 17.8 Å². The van der Waals surface area contributed by atoms with Crippen molar-refractivity contribution in [3.63, 3.8) is 0 Å². The van der Waals surface area contributed by atoms with E-state index in [2.05, 4.69) is 15.0 Å². The van der Waals surface area contributed by atoms with Gasteiger partial charge in [0.05, 0.1) is 5.69 Å². The molecule has 0 unspecified atom stereocenters. The van der Waals surface area contributed by atoms with Gasteiger partial charge in [-0.05, 0) is 24.6 Å². The zero-order valence-electron chi connectivity index (χ0n) is 8.72. The fraction of sp³-hybridized carbons (Fsp3) is 0.182. The number of hydrogen-bond donors (Lipinski definition) is 0. The molecule has 5 heteroatoms. The molecule has 0 bridgehead atoms. The summed E-state index contributed by atoms with van der Waals surface area (Å²) in [5.74, 6) is 0.726. The summed E-state index contributed by atoms with van der Waals surface area (Å²) in [6, 6.07) is 3.61. The quantitative estimate of drug-likeness (QED) is 0.621. The van der Waals surface area contributed by atoms with E-state index < -0.39 is 0 Å². The van der Waals surface area contributed by atoms with E-state index in [-0.39, 0.29) is 0 Å². The number of hydrogen-bond acceptors (Lipinski definition) is 4. The molecule has 0 saturated carbocycles. The minimum atomic E-state index is 0.704. The van der Waals surface area contributed by atoms with Crippen LogP contribution >= 0.6 is 23.4 Å². The first-order chi connectivity index (χ1) is 7.74. The number of halogens is 1. The third-order valence-corrected chi connectivity index (χ3v) is 3.03. The van der Waals surface area contributed by atoms with Crippen LogP contribution < -0.4 is 0 Å². The third-order valence-electron chi connectivity index (χ3n) is 1.89. The van der Waals surface area contributed by atoms with Crippen LogP contribution in [0.1, 0.15) is 11.3 Å². The van der Waals surface area contributed by atoms with E-state index in [9.17, 15) is 0 Å². The summed E-state index contributed by atoms with van der Waals surface area (Å²) in [5, 5.41) is 1.46. The molecule has 82 valence electrons. The zero-order chi connectivity index (χ0) is 11.4. The highest BCUT2D eigenvalue weighted by molar-refractivity contribution is 7.98. The lowest BCUT2D eigenvalue weighted by molar-refractivity contribution is 0.948. The fourth-order valence-electron chi connectivity index (χ4n) is 1.12. The van der Waals surface area contributed by atoms with Crippen molar-refractivity contribution in [1.82, 2.24) is 15.0 Å². The average molecular weight is 252 g/mol. The fourth-order valence-corrected chi connectivity index (χ4v) is 1.99. The molecule has 0 aliphatic rings. The largest absolute Gasteiger partial charge is 0.260 e. The van der Waals surface area contributed by atoms with Gasteiger partial charge in [0, 0.05) is 29.4 Å². The van der Waals surface area contributed by atoms with E-state index in [0.717, 1.165) is 22.2 Å². The highest BCUT2D eigenvalue weighted by Crippen LogP contribution is 2.19. The first kappa shape index (κ1) is 11.4. The molecular weight excluding hydrogens is 242 g/mol. The Morgan fingerprint density at radius 3 is 2.69 bits per heavy atom. The number of nitrogens with zero attached hydrogens (tertiary/aromatic N) is 3. The van der Waals surface area contributed by atoms with Gasteiger partial charge in [-0.1, -0.05) is 23.4 Å². The summed E-state index contributed by atoms with van der Waals surface area (Å²) in [7, 11) is 0. The Morgan fingerprint density at radius 1 is 1.25 bits per heavy atom. The Balaban J connectivity index is 1.99. The van der Waals surface area contributed by atoms with Crippen molar-refractivity contribution < 1.29 is 0 Å². The molecule has 0 aliphatic carbocycles. The van der Waals surface area contributed by atoms with E-state index in [1.165, 1.54) is 0 Å². The van der Waals surface area contributed by atoms with Gasteiger partial charge >= 0.3 is 0 Å². The average Bonchev–Trinajstić information content (AvgIpc) is 2.28. The summed E-state index contributed by atoms with van der Waals surface area (Å²) < 4.78 is 0. The van der Waals surface area contributed by atoms with E-state index in [0.29, 0.717) is 5.02 Å². The predicted octanol–water partition coefficient (Wildman–Crippen LogP) is 3.13. The SMILES string of the molecule is Cc1cnc(SCc2cc(Cl)ccn2)nc1. The van der Waals surface area contributed by atoms with E-state index in [4.69, 9.17) is 11.6 Å². The maximum Gasteiger partial charge on any atom is 0.187 e. The van der Waals surface area contributed by atoms with Crippen LogP contribution in [0.5, 0.6) is 0 Å². The zero-order valence-corrected chi connectivity index (χ0v) is 10.3. The van der Waals surface area contributed by atoms with Crippen molar-refractivity contribution in [1.29, 1.82) is 0 Å². The summed E-state index contributed by atoms with van der Waals surface area (Å²) in [4.78, 5) is 12.6. The molecule has 0 saturated heterocycles. The smallest absolute Gasteiger partial charge is 0.187 e. The Kier molecular flexibility index (Phi) is 3.74. The maximum atomic E-state index is 5.87. The van der Waals surface area contributed by atoms with E-state index in [1.807, 2.05) is 13.0 Å². The molecule has 0 atom stereocenters. The number of pyridine rings is 1. The molecule has 0 aromatic carbocycles. The van der Waals surface area contributed by atoms with Gasteiger partial charge in [-0.3, -0.25) is 4.98 Å². The summed E-state index contributed by atoms with van der Waals surface area (Å²) in [6.45, 7) is 1.97. The van der Waals surface area contributed by atoms with Crippen LogP contribution in [0.3, 0.4) is 0 Å². The minimum absolute atomic E-state index is 0.704. The first-order valence-electron chi connectivity index (χ1n) is 4.76. The molecule has 2 rings (SSSR count). The summed E-state index contributed by atoms with van der Waals surface area (Å²) >= 11 is 7.41. The second kappa shape index (κ2) is 5.27. The van der Waals surface area contributed by atoms with Crippen LogP contribution in [0.25, 0.3) is 0 Å². The van der Waals surface area contributed by atoms with Crippen LogP contribution in [-0.2, 0) is 5.75 Å². The molecule has 2 aromatic heterocycles. The Labute approximate surface area is 103 Å². The van der Waals surface area contributed by atoms with Crippen LogP contribution in [-0.4, -0.2) is 15.0 Å². The van der Waals surface area contributed by atoms with Crippen LogP contribution in [0.4, 0.5) is 0 Å². The van der Waals surface area contributed by atoms with Gasteiger partial charge in [-0.25, -0.2) is 9.97 Å². The third kappa shape index (κ3) is 3.18. The summed E-state index contributed by atoms with van der Waals surface area (Å²) in [6.07, 6.45) is 5.32. The van der Waals surface area contributed by atoms with Gasteiger partial charge in [-0.2, -0.15) is 0 Å². The highest BCUT2D eigenvalue weighted by atomic mass is 35.5. The van der Waals surface area contributed by atoms with Crippen molar-refractivity contribution in [3.05, 3.63) is 47.0 Å². The molecule has 0 radical (unpaired) electrons. The molecule has 0 spiro atoms. The lowest BCUT2D eigenvalue weighted by Gasteiger charge is -2.00. The van der Waals surface area contributed by atoms with Gasteiger partial charge in [0.2, 0.25) is 0 Å². The second-order valence-electron chi connectivity index (χ2n) is 3.30. The Morgan fingerprint density at radius 2 is 2.00 bits per heavy atom. The predicted molar refractivity (Wildman–Crippen MR) is 65.6 cm³/mol. The van der Waals surface area contributed by atoms with Crippen LogP contribution in [0, 0.1) is 6.92 Å². The van der Waals surface area contributed by atoms with Crippen molar-refractivity contribution in [2.24, 2.45) is 0 Å². The van der Waals surface area contributed by atoms with Crippen LogP contribution in [0.2, 0.25) is 5.02 Å². The van der Waals surface area contributed by atoms with Crippen molar-refractivity contribution in [2.75, 3.05) is 0 Å². The van der Waals surface area contributed by atoms with Gasteiger partial charge in [0.1, 0.15) is 0 Å². The van der Waals surface area contributed by atoms with E-state index in [1.54, 1.807) is 36.4 Å². The van der Waals surface area contributed by atoms with Gasteiger partial charge in [0.15, 0.2) is 5.16 Å². The van der Waals surface area contributed by atoms with Gasteiger partial charge in [-0.15, -0.1) is 0 Å².